The zero-order valence-electron chi connectivity index (χ0n) is 14.5. The lowest BCUT2D eigenvalue weighted by molar-refractivity contribution is 0.122. The van der Waals surface area contributed by atoms with Crippen LogP contribution in [0.1, 0.15) is 25.1 Å². The van der Waals surface area contributed by atoms with E-state index in [4.69, 9.17) is 15.2 Å². The maximum absolute atomic E-state index is 14.0. The SMILES string of the molecule is CC(C)Oc1cc(Cc2cc(N3CCOCC3)ncn2)c(N)cc1F. The van der Waals surface area contributed by atoms with Crippen molar-refractivity contribution >= 4 is 11.5 Å². The van der Waals surface area contributed by atoms with Crippen molar-refractivity contribution in [3.63, 3.8) is 0 Å². The monoisotopic (exact) mass is 346 g/mol. The molecular weight excluding hydrogens is 323 g/mol. The van der Waals surface area contributed by atoms with Gasteiger partial charge in [0.1, 0.15) is 12.1 Å². The van der Waals surface area contributed by atoms with Crippen molar-refractivity contribution in [3.8, 4) is 5.75 Å². The summed E-state index contributed by atoms with van der Waals surface area (Å²) in [6, 6.07) is 4.90. The molecule has 0 aliphatic carbocycles. The molecule has 2 aromatic rings. The molecule has 2 N–H and O–H groups in total. The first kappa shape index (κ1) is 17.4. The molecule has 7 heteroatoms. The third kappa shape index (κ3) is 4.36. The highest BCUT2D eigenvalue weighted by atomic mass is 19.1. The fourth-order valence-electron chi connectivity index (χ4n) is 2.75. The van der Waals surface area contributed by atoms with Gasteiger partial charge in [0.2, 0.25) is 0 Å². The van der Waals surface area contributed by atoms with E-state index in [1.807, 2.05) is 19.9 Å². The highest BCUT2D eigenvalue weighted by molar-refractivity contribution is 5.53. The van der Waals surface area contributed by atoms with Crippen LogP contribution >= 0.6 is 0 Å². The molecule has 3 rings (SSSR count). The fraction of sp³-hybridized carbons (Fsp3) is 0.444. The molecule has 6 nitrogen and oxygen atoms in total. The van der Waals surface area contributed by atoms with Crippen molar-refractivity contribution in [2.45, 2.75) is 26.4 Å². The Morgan fingerprint density at radius 1 is 1.24 bits per heavy atom. The van der Waals surface area contributed by atoms with Gasteiger partial charge in [-0.15, -0.1) is 0 Å². The molecule has 1 aromatic heterocycles. The van der Waals surface area contributed by atoms with E-state index in [-0.39, 0.29) is 11.9 Å². The summed E-state index contributed by atoms with van der Waals surface area (Å²) < 4.78 is 24.9. The molecule has 25 heavy (non-hydrogen) atoms. The van der Waals surface area contributed by atoms with Gasteiger partial charge < -0.3 is 20.1 Å². The number of aromatic nitrogens is 2. The van der Waals surface area contributed by atoms with Crippen molar-refractivity contribution in [1.29, 1.82) is 0 Å². The molecule has 1 saturated heterocycles. The van der Waals surface area contributed by atoms with Gasteiger partial charge >= 0.3 is 0 Å². The molecule has 2 heterocycles. The molecule has 1 aliphatic rings. The molecule has 1 aliphatic heterocycles. The zero-order valence-corrected chi connectivity index (χ0v) is 14.5. The summed E-state index contributed by atoms with van der Waals surface area (Å²) >= 11 is 0. The standard InChI is InChI=1S/C18H23FN4O2/c1-12(2)25-17-8-13(16(20)10-15(17)19)7-14-9-18(22-11-21-14)23-3-5-24-6-4-23/h8-12H,3-7,20H2,1-2H3. The first-order valence-electron chi connectivity index (χ1n) is 8.41. The van der Waals surface area contributed by atoms with Crippen LogP contribution in [0.4, 0.5) is 15.9 Å². The summed E-state index contributed by atoms with van der Waals surface area (Å²) in [5.41, 5.74) is 7.98. The van der Waals surface area contributed by atoms with Crippen LogP contribution in [0.2, 0.25) is 0 Å². The van der Waals surface area contributed by atoms with Gasteiger partial charge in [0.25, 0.3) is 0 Å². The zero-order chi connectivity index (χ0) is 17.8. The number of rotatable bonds is 5. The average Bonchev–Trinajstić information content (AvgIpc) is 2.60. The summed E-state index contributed by atoms with van der Waals surface area (Å²) in [5, 5.41) is 0. The van der Waals surface area contributed by atoms with Crippen LogP contribution < -0.4 is 15.4 Å². The number of hydrogen-bond donors (Lipinski definition) is 1. The maximum Gasteiger partial charge on any atom is 0.167 e. The predicted molar refractivity (Wildman–Crippen MR) is 94.4 cm³/mol. The van der Waals surface area contributed by atoms with Crippen LogP contribution in [-0.4, -0.2) is 42.4 Å². The van der Waals surface area contributed by atoms with E-state index < -0.39 is 5.82 Å². The van der Waals surface area contributed by atoms with Crippen LogP contribution in [0.25, 0.3) is 0 Å². The van der Waals surface area contributed by atoms with E-state index in [2.05, 4.69) is 14.9 Å². The number of hydrogen-bond acceptors (Lipinski definition) is 6. The Morgan fingerprint density at radius 3 is 2.72 bits per heavy atom. The molecule has 0 amide bonds. The lowest BCUT2D eigenvalue weighted by atomic mass is 10.1. The van der Waals surface area contributed by atoms with Gasteiger partial charge in [-0.1, -0.05) is 0 Å². The van der Waals surface area contributed by atoms with Crippen molar-refractivity contribution in [2.24, 2.45) is 0 Å². The molecule has 1 aromatic carbocycles. The maximum atomic E-state index is 14.0. The molecule has 0 radical (unpaired) electrons. The highest BCUT2D eigenvalue weighted by Gasteiger charge is 2.15. The van der Waals surface area contributed by atoms with Gasteiger partial charge in [0.15, 0.2) is 11.6 Å². The lowest BCUT2D eigenvalue weighted by Crippen LogP contribution is -2.36. The number of nitrogens with two attached hydrogens (primary N) is 1. The van der Waals surface area contributed by atoms with E-state index >= 15 is 0 Å². The number of halogens is 1. The van der Waals surface area contributed by atoms with Crippen LogP contribution in [-0.2, 0) is 11.2 Å². The van der Waals surface area contributed by atoms with E-state index in [1.165, 1.54) is 6.07 Å². The van der Waals surface area contributed by atoms with Crippen LogP contribution in [0.15, 0.2) is 24.5 Å². The van der Waals surface area contributed by atoms with E-state index in [0.717, 1.165) is 30.2 Å². The summed E-state index contributed by atoms with van der Waals surface area (Å²) in [4.78, 5) is 10.8. The Hall–Kier alpha value is -2.41. The minimum Gasteiger partial charge on any atom is -0.488 e. The number of nitrogen functional groups attached to an aromatic ring is 1. The summed E-state index contributed by atoms with van der Waals surface area (Å²) in [6.07, 6.45) is 1.92. The molecule has 0 spiro atoms. The second-order valence-corrected chi connectivity index (χ2v) is 6.29. The van der Waals surface area contributed by atoms with E-state index in [0.29, 0.717) is 25.3 Å². The molecular formula is C18H23FN4O2. The second kappa shape index (κ2) is 7.65. The third-order valence-corrected chi connectivity index (χ3v) is 3.97. The lowest BCUT2D eigenvalue weighted by Gasteiger charge is -2.27. The molecule has 0 saturated carbocycles. The molecule has 0 bridgehead atoms. The van der Waals surface area contributed by atoms with Crippen LogP contribution in [0.5, 0.6) is 5.75 Å². The molecule has 134 valence electrons. The first-order chi connectivity index (χ1) is 12.0. The number of morpholine rings is 1. The fourth-order valence-corrected chi connectivity index (χ4v) is 2.75. The predicted octanol–water partition coefficient (Wildman–Crippen LogP) is 2.41. The number of benzene rings is 1. The summed E-state index contributed by atoms with van der Waals surface area (Å²) in [6.45, 7) is 6.71. The Balaban J connectivity index is 1.82. The number of ether oxygens (including phenoxy) is 2. The Kier molecular flexibility index (Phi) is 5.33. The minimum atomic E-state index is -0.452. The second-order valence-electron chi connectivity index (χ2n) is 6.29. The van der Waals surface area contributed by atoms with E-state index in [9.17, 15) is 4.39 Å². The first-order valence-corrected chi connectivity index (χ1v) is 8.41. The smallest absolute Gasteiger partial charge is 0.167 e. The van der Waals surface area contributed by atoms with Gasteiger partial charge in [0.05, 0.1) is 25.0 Å². The Bertz CT molecular complexity index is 733. The molecule has 1 fully saturated rings. The van der Waals surface area contributed by atoms with Gasteiger partial charge in [-0.25, -0.2) is 14.4 Å². The van der Waals surface area contributed by atoms with Crippen LogP contribution in [0.3, 0.4) is 0 Å². The quantitative estimate of drug-likeness (QED) is 0.838. The number of nitrogens with zero attached hydrogens (tertiary/aromatic N) is 3. The summed E-state index contributed by atoms with van der Waals surface area (Å²) in [5.74, 6) is 0.626. The minimum absolute atomic E-state index is 0.113. The van der Waals surface area contributed by atoms with E-state index in [1.54, 1.807) is 12.4 Å². The van der Waals surface area contributed by atoms with Gasteiger partial charge in [-0.3, -0.25) is 0 Å². The topological polar surface area (TPSA) is 73.5 Å². The molecule has 0 unspecified atom stereocenters. The van der Waals surface area contributed by atoms with Gasteiger partial charge in [0, 0.05) is 37.3 Å². The van der Waals surface area contributed by atoms with Crippen molar-refractivity contribution < 1.29 is 13.9 Å². The normalized spacial score (nSPS) is 14.8. The van der Waals surface area contributed by atoms with Crippen molar-refractivity contribution in [3.05, 3.63) is 41.6 Å². The van der Waals surface area contributed by atoms with Crippen molar-refractivity contribution in [1.82, 2.24) is 9.97 Å². The highest BCUT2D eigenvalue weighted by Crippen LogP contribution is 2.27. The Morgan fingerprint density at radius 2 is 2.00 bits per heavy atom. The average molecular weight is 346 g/mol. The largest absolute Gasteiger partial charge is 0.488 e. The summed E-state index contributed by atoms with van der Waals surface area (Å²) in [7, 11) is 0. The van der Waals surface area contributed by atoms with Gasteiger partial charge in [-0.05, 0) is 25.5 Å². The molecule has 0 atom stereocenters. The van der Waals surface area contributed by atoms with Gasteiger partial charge in [-0.2, -0.15) is 0 Å². The third-order valence-electron chi connectivity index (χ3n) is 3.97. The number of anilines is 2. The van der Waals surface area contributed by atoms with Crippen LogP contribution in [0, 0.1) is 5.82 Å². The van der Waals surface area contributed by atoms with Crippen molar-refractivity contribution in [2.75, 3.05) is 36.9 Å². The Labute approximate surface area is 146 Å².